The number of hydrogen-bond acceptors (Lipinski definition) is 4. The van der Waals surface area contributed by atoms with Crippen molar-refractivity contribution >= 4 is 11.9 Å². The Labute approximate surface area is 163 Å². The van der Waals surface area contributed by atoms with Crippen molar-refractivity contribution in [3.8, 4) is 11.5 Å². The summed E-state index contributed by atoms with van der Waals surface area (Å²) >= 11 is 0. The second-order valence-corrected chi connectivity index (χ2v) is 7.61. The molecule has 1 saturated heterocycles. The van der Waals surface area contributed by atoms with Gasteiger partial charge < -0.3 is 19.8 Å². The van der Waals surface area contributed by atoms with Gasteiger partial charge in [-0.3, -0.25) is 9.59 Å². The number of hydrogen-bond donors (Lipinski definition) is 2. The van der Waals surface area contributed by atoms with Crippen LogP contribution in [0.25, 0.3) is 0 Å². The minimum absolute atomic E-state index is 0.00982. The van der Waals surface area contributed by atoms with Crippen molar-refractivity contribution in [1.29, 1.82) is 0 Å². The Hall–Kier alpha value is -3.02. The quantitative estimate of drug-likeness (QED) is 0.832. The fourth-order valence-corrected chi connectivity index (χ4v) is 4.25. The van der Waals surface area contributed by atoms with Gasteiger partial charge in [0.1, 0.15) is 11.5 Å². The van der Waals surface area contributed by atoms with E-state index in [0.717, 1.165) is 17.5 Å². The SMILES string of the molecule is COc1ccc([C@@H]2CN(C(=O)[C@@H]3C[C@H]3c3cccc(O)c3)C[C@H]2C(=O)O)cc1. The van der Waals surface area contributed by atoms with Gasteiger partial charge in [-0.1, -0.05) is 24.3 Å². The Kier molecular flexibility index (Phi) is 4.71. The molecule has 2 aromatic rings. The van der Waals surface area contributed by atoms with E-state index in [1.165, 1.54) is 0 Å². The molecule has 2 aliphatic rings. The molecule has 4 rings (SSSR count). The molecule has 0 aromatic heterocycles. The van der Waals surface area contributed by atoms with Crippen molar-refractivity contribution in [1.82, 2.24) is 4.90 Å². The fraction of sp³-hybridized carbons (Fsp3) is 0.364. The minimum atomic E-state index is -0.878. The number of phenolic OH excluding ortho intramolecular Hbond substituents is 1. The number of carboxylic acids is 1. The monoisotopic (exact) mass is 381 g/mol. The Balaban J connectivity index is 1.48. The molecular weight excluding hydrogens is 358 g/mol. The van der Waals surface area contributed by atoms with Crippen molar-refractivity contribution in [2.45, 2.75) is 18.3 Å². The van der Waals surface area contributed by atoms with Gasteiger partial charge in [0.2, 0.25) is 5.91 Å². The maximum Gasteiger partial charge on any atom is 0.308 e. The summed E-state index contributed by atoms with van der Waals surface area (Å²) in [6, 6.07) is 14.4. The summed E-state index contributed by atoms with van der Waals surface area (Å²) in [7, 11) is 1.59. The number of carboxylic acid groups (broad SMARTS) is 1. The molecule has 4 atom stereocenters. The van der Waals surface area contributed by atoms with E-state index in [4.69, 9.17) is 4.74 Å². The van der Waals surface area contributed by atoms with E-state index in [0.29, 0.717) is 12.3 Å². The zero-order chi connectivity index (χ0) is 19.8. The van der Waals surface area contributed by atoms with Gasteiger partial charge in [0.25, 0.3) is 0 Å². The highest BCUT2D eigenvalue weighted by molar-refractivity contribution is 5.85. The van der Waals surface area contributed by atoms with Gasteiger partial charge in [0.15, 0.2) is 0 Å². The van der Waals surface area contributed by atoms with E-state index < -0.39 is 11.9 Å². The summed E-state index contributed by atoms with van der Waals surface area (Å²) < 4.78 is 5.17. The first-order valence-corrected chi connectivity index (χ1v) is 9.42. The maximum atomic E-state index is 13.0. The molecule has 2 fully saturated rings. The lowest BCUT2D eigenvalue weighted by Gasteiger charge is -2.17. The van der Waals surface area contributed by atoms with Gasteiger partial charge in [-0.2, -0.15) is 0 Å². The number of likely N-dealkylation sites (tertiary alicyclic amines) is 1. The van der Waals surface area contributed by atoms with Gasteiger partial charge in [0.05, 0.1) is 13.0 Å². The lowest BCUT2D eigenvalue weighted by molar-refractivity contribution is -0.142. The summed E-state index contributed by atoms with van der Waals surface area (Å²) in [5.74, 6) is -0.836. The molecule has 6 heteroatoms. The van der Waals surface area contributed by atoms with Crippen LogP contribution in [0.5, 0.6) is 11.5 Å². The molecule has 0 bridgehead atoms. The number of methoxy groups -OCH3 is 1. The third kappa shape index (κ3) is 3.42. The van der Waals surface area contributed by atoms with Crippen molar-refractivity contribution < 1.29 is 24.5 Å². The molecule has 1 saturated carbocycles. The van der Waals surface area contributed by atoms with Crippen molar-refractivity contribution in [2.24, 2.45) is 11.8 Å². The molecule has 0 radical (unpaired) electrons. The predicted octanol–water partition coefficient (Wildman–Crippen LogP) is 2.83. The molecule has 0 spiro atoms. The number of rotatable bonds is 5. The minimum Gasteiger partial charge on any atom is -0.508 e. The molecule has 6 nitrogen and oxygen atoms in total. The molecule has 146 valence electrons. The van der Waals surface area contributed by atoms with Crippen LogP contribution in [-0.2, 0) is 9.59 Å². The lowest BCUT2D eigenvalue weighted by Crippen LogP contribution is -2.31. The van der Waals surface area contributed by atoms with Crippen LogP contribution < -0.4 is 4.74 Å². The summed E-state index contributed by atoms with van der Waals surface area (Å²) in [6.07, 6.45) is 0.740. The molecule has 2 aromatic carbocycles. The highest BCUT2D eigenvalue weighted by Gasteiger charge is 2.49. The summed E-state index contributed by atoms with van der Waals surface area (Å²) in [5, 5.41) is 19.3. The largest absolute Gasteiger partial charge is 0.508 e. The van der Waals surface area contributed by atoms with Gasteiger partial charge >= 0.3 is 5.97 Å². The number of phenols is 1. The predicted molar refractivity (Wildman–Crippen MR) is 102 cm³/mol. The zero-order valence-electron chi connectivity index (χ0n) is 15.6. The average Bonchev–Trinajstić information content (AvgIpc) is 3.37. The standard InChI is InChI=1S/C22H23NO5/c1-28-16-7-5-13(6-8-16)19-11-23(12-20(19)22(26)27)21(25)18-10-17(18)14-3-2-4-15(24)9-14/h2-9,17-20,24H,10-12H2,1H3,(H,26,27)/t17-,18+,19-,20+/m0/s1. The second kappa shape index (κ2) is 7.19. The first kappa shape index (κ1) is 18.3. The van der Waals surface area contributed by atoms with E-state index in [2.05, 4.69) is 0 Å². The van der Waals surface area contributed by atoms with E-state index in [1.807, 2.05) is 30.3 Å². The Morgan fingerprint density at radius 1 is 1.00 bits per heavy atom. The topological polar surface area (TPSA) is 87.1 Å². The smallest absolute Gasteiger partial charge is 0.308 e. The lowest BCUT2D eigenvalue weighted by atomic mass is 9.89. The van der Waals surface area contributed by atoms with Crippen LogP contribution in [0, 0.1) is 11.8 Å². The number of carbonyl (C=O) groups excluding carboxylic acids is 1. The van der Waals surface area contributed by atoms with Crippen LogP contribution in [0.4, 0.5) is 0 Å². The van der Waals surface area contributed by atoms with Gasteiger partial charge in [-0.25, -0.2) is 0 Å². The molecule has 1 amide bonds. The molecule has 28 heavy (non-hydrogen) atoms. The maximum absolute atomic E-state index is 13.0. The molecular formula is C22H23NO5. The first-order valence-electron chi connectivity index (χ1n) is 9.42. The number of ether oxygens (including phenoxy) is 1. The van der Waals surface area contributed by atoms with Gasteiger partial charge in [-0.05, 0) is 47.7 Å². The van der Waals surface area contributed by atoms with Crippen LogP contribution in [-0.4, -0.2) is 47.2 Å². The van der Waals surface area contributed by atoms with Crippen molar-refractivity contribution in [2.75, 3.05) is 20.2 Å². The number of carbonyl (C=O) groups is 2. The normalized spacial score (nSPS) is 26.1. The number of benzene rings is 2. The van der Waals surface area contributed by atoms with Crippen LogP contribution in [0.3, 0.4) is 0 Å². The van der Waals surface area contributed by atoms with Crippen molar-refractivity contribution in [3.05, 3.63) is 59.7 Å². The number of nitrogens with zero attached hydrogens (tertiary/aromatic N) is 1. The van der Waals surface area contributed by atoms with E-state index in [1.54, 1.807) is 30.2 Å². The Morgan fingerprint density at radius 3 is 2.39 bits per heavy atom. The average molecular weight is 381 g/mol. The van der Waals surface area contributed by atoms with Crippen LogP contribution in [0.2, 0.25) is 0 Å². The van der Waals surface area contributed by atoms with Crippen LogP contribution in [0.1, 0.15) is 29.4 Å². The van der Waals surface area contributed by atoms with Gasteiger partial charge in [-0.15, -0.1) is 0 Å². The molecule has 0 unspecified atom stereocenters. The molecule has 1 aliphatic heterocycles. The first-order chi connectivity index (χ1) is 13.5. The third-order valence-corrected chi connectivity index (χ3v) is 5.90. The molecule has 2 N–H and O–H groups in total. The molecule has 1 heterocycles. The summed E-state index contributed by atoms with van der Waals surface area (Å²) in [5.41, 5.74) is 1.86. The highest BCUT2D eigenvalue weighted by atomic mass is 16.5. The van der Waals surface area contributed by atoms with E-state index in [9.17, 15) is 19.8 Å². The van der Waals surface area contributed by atoms with Crippen LogP contribution in [0.15, 0.2) is 48.5 Å². The zero-order valence-corrected chi connectivity index (χ0v) is 15.6. The van der Waals surface area contributed by atoms with Gasteiger partial charge in [0, 0.05) is 24.9 Å². The summed E-state index contributed by atoms with van der Waals surface area (Å²) in [4.78, 5) is 26.5. The van der Waals surface area contributed by atoms with Crippen LogP contribution >= 0.6 is 0 Å². The number of aliphatic carboxylic acids is 1. The van der Waals surface area contributed by atoms with E-state index in [-0.39, 0.29) is 36.0 Å². The summed E-state index contributed by atoms with van der Waals surface area (Å²) in [6.45, 7) is 0.638. The van der Waals surface area contributed by atoms with Crippen molar-refractivity contribution in [3.63, 3.8) is 0 Å². The third-order valence-electron chi connectivity index (χ3n) is 5.90. The highest BCUT2D eigenvalue weighted by Crippen LogP contribution is 2.50. The molecule has 1 aliphatic carbocycles. The number of aromatic hydroxyl groups is 1. The Bertz CT molecular complexity index is 894. The second-order valence-electron chi connectivity index (χ2n) is 7.61. The Morgan fingerprint density at radius 2 is 1.75 bits per heavy atom. The fourth-order valence-electron chi connectivity index (χ4n) is 4.25. The number of amides is 1. The van der Waals surface area contributed by atoms with E-state index >= 15 is 0 Å².